The third kappa shape index (κ3) is 7.58. The molecule has 1 aliphatic heterocycles. The Morgan fingerprint density at radius 2 is 1.94 bits per heavy atom. The van der Waals surface area contributed by atoms with Crippen LogP contribution in [0.1, 0.15) is 25.8 Å². The van der Waals surface area contributed by atoms with E-state index in [2.05, 4.69) is 33.8 Å². The highest BCUT2D eigenvalue weighted by Gasteiger charge is 2.25. The maximum atomic E-state index is 11.1. The van der Waals surface area contributed by atoms with E-state index in [0.717, 1.165) is 55.6 Å². The van der Waals surface area contributed by atoms with Gasteiger partial charge in [-0.25, -0.2) is 0 Å². The quantitative estimate of drug-likeness (QED) is 0.265. The monoisotopic (exact) mass is 551 g/mol. The minimum absolute atomic E-state index is 0. The summed E-state index contributed by atoms with van der Waals surface area (Å²) in [6, 6.07) is 16.4. The van der Waals surface area contributed by atoms with E-state index in [0.29, 0.717) is 12.6 Å². The summed E-state index contributed by atoms with van der Waals surface area (Å²) < 4.78 is 5.52. The van der Waals surface area contributed by atoms with Crippen molar-refractivity contribution < 1.29 is 9.53 Å². The first-order chi connectivity index (χ1) is 15.1. The molecule has 8 heteroatoms. The molecule has 3 rings (SSSR count). The molecule has 3 N–H and O–H groups in total. The zero-order chi connectivity index (χ0) is 22.1. The highest BCUT2D eigenvalue weighted by Crippen LogP contribution is 2.30. The minimum Gasteiger partial charge on any atom is -0.495 e. The largest absolute Gasteiger partial charge is 0.495 e. The number of carbonyl (C=O) groups is 1. The summed E-state index contributed by atoms with van der Waals surface area (Å²) in [5.74, 6) is 1.70. The van der Waals surface area contributed by atoms with Crippen LogP contribution < -0.4 is 25.6 Å². The van der Waals surface area contributed by atoms with Gasteiger partial charge in [0.2, 0.25) is 5.91 Å². The number of benzene rings is 2. The maximum Gasteiger partial charge on any atom is 0.221 e. The Kier molecular flexibility index (Phi) is 10.6. The van der Waals surface area contributed by atoms with Gasteiger partial charge in [0.15, 0.2) is 5.96 Å². The summed E-state index contributed by atoms with van der Waals surface area (Å²) >= 11 is 0. The van der Waals surface area contributed by atoms with E-state index in [1.807, 2.05) is 42.5 Å². The first kappa shape index (κ1) is 25.8. The van der Waals surface area contributed by atoms with E-state index in [1.54, 1.807) is 7.11 Å². The van der Waals surface area contributed by atoms with Gasteiger partial charge in [0.25, 0.3) is 0 Å². The Labute approximate surface area is 208 Å². The molecule has 7 nitrogen and oxygen atoms in total. The molecule has 1 unspecified atom stereocenters. The SMILES string of the molecule is CCNC(=NCCc1ccc(NC(C)=O)cc1)NC1CCN(c2ccccc2OC)C1.I. The van der Waals surface area contributed by atoms with Crippen LogP contribution in [-0.4, -0.2) is 51.2 Å². The van der Waals surface area contributed by atoms with Crippen molar-refractivity contribution in [3.05, 3.63) is 54.1 Å². The standard InChI is InChI=1S/C24H33N5O2.HI/c1-4-25-24(26-15-13-19-9-11-20(12-10-19)27-18(2)30)28-21-14-16-29(17-21)22-7-5-6-8-23(22)31-3;/h5-12,21H,4,13-17H2,1-3H3,(H,27,30)(H2,25,26,28);1H. The molecule has 32 heavy (non-hydrogen) atoms. The summed E-state index contributed by atoms with van der Waals surface area (Å²) in [4.78, 5) is 18.2. The lowest BCUT2D eigenvalue weighted by Crippen LogP contribution is -2.44. The molecular weight excluding hydrogens is 517 g/mol. The number of nitrogens with one attached hydrogen (secondary N) is 3. The Balaban J connectivity index is 0.00000363. The second-order valence-corrected chi connectivity index (χ2v) is 7.64. The third-order valence-electron chi connectivity index (χ3n) is 5.24. The summed E-state index contributed by atoms with van der Waals surface area (Å²) in [7, 11) is 1.72. The Morgan fingerprint density at radius 1 is 1.19 bits per heavy atom. The van der Waals surface area contributed by atoms with E-state index < -0.39 is 0 Å². The summed E-state index contributed by atoms with van der Waals surface area (Å²) in [6.45, 7) is 7.00. The van der Waals surface area contributed by atoms with Crippen molar-refractivity contribution >= 4 is 47.2 Å². The van der Waals surface area contributed by atoms with Crippen LogP contribution >= 0.6 is 24.0 Å². The summed E-state index contributed by atoms with van der Waals surface area (Å²) in [5.41, 5.74) is 3.14. The van der Waals surface area contributed by atoms with Crippen LogP contribution in [0.15, 0.2) is 53.5 Å². The summed E-state index contributed by atoms with van der Waals surface area (Å²) in [5, 5.41) is 9.72. The van der Waals surface area contributed by atoms with Gasteiger partial charge in [0, 0.05) is 44.8 Å². The number of carbonyl (C=O) groups excluding carboxylic acids is 1. The molecule has 1 heterocycles. The normalized spacial score (nSPS) is 15.7. The van der Waals surface area contributed by atoms with Crippen LogP contribution in [-0.2, 0) is 11.2 Å². The lowest BCUT2D eigenvalue weighted by atomic mass is 10.1. The smallest absolute Gasteiger partial charge is 0.221 e. The van der Waals surface area contributed by atoms with Crippen LogP contribution in [0.25, 0.3) is 0 Å². The highest BCUT2D eigenvalue weighted by atomic mass is 127. The van der Waals surface area contributed by atoms with Crippen molar-refractivity contribution in [1.29, 1.82) is 0 Å². The van der Waals surface area contributed by atoms with Crippen LogP contribution in [0.4, 0.5) is 11.4 Å². The number of halogens is 1. The molecule has 0 aliphatic carbocycles. The van der Waals surface area contributed by atoms with Gasteiger partial charge in [-0.15, -0.1) is 24.0 Å². The van der Waals surface area contributed by atoms with Crippen molar-refractivity contribution in [3.63, 3.8) is 0 Å². The number of methoxy groups -OCH3 is 1. The zero-order valence-electron chi connectivity index (χ0n) is 19.1. The molecule has 0 aromatic heterocycles. The summed E-state index contributed by atoms with van der Waals surface area (Å²) in [6.07, 6.45) is 1.89. The molecule has 2 aromatic rings. The van der Waals surface area contributed by atoms with Crippen LogP contribution in [0.3, 0.4) is 0 Å². The van der Waals surface area contributed by atoms with Gasteiger partial charge >= 0.3 is 0 Å². The molecule has 0 radical (unpaired) electrons. The number of ether oxygens (including phenoxy) is 1. The van der Waals surface area contributed by atoms with Gasteiger partial charge in [-0.3, -0.25) is 9.79 Å². The molecule has 1 atom stereocenters. The highest BCUT2D eigenvalue weighted by molar-refractivity contribution is 14.0. The first-order valence-electron chi connectivity index (χ1n) is 10.9. The zero-order valence-corrected chi connectivity index (χ0v) is 21.4. The average Bonchev–Trinajstić information content (AvgIpc) is 3.23. The van der Waals surface area contributed by atoms with E-state index in [1.165, 1.54) is 12.5 Å². The van der Waals surface area contributed by atoms with Gasteiger partial charge in [-0.2, -0.15) is 0 Å². The Hall–Kier alpha value is -2.49. The predicted octanol–water partition coefficient (Wildman–Crippen LogP) is 3.65. The first-order valence-corrected chi connectivity index (χ1v) is 10.9. The van der Waals surface area contributed by atoms with Crippen LogP contribution in [0, 0.1) is 0 Å². The van der Waals surface area contributed by atoms with E-state index >= 15 is 0 Å². The van der Waals surface area contributed by atoms with Gasteiger partial charge in [0.1, 0.15) is 5.75 Å². The van der Waals surface area contributed by atoms with E-state index in [4.69, 9.17) is 9.73 Å². The maximum absolute atomic E-state index is 11.1. The number of para-hydroxylation sites is 2. The Bertz CT molecular complexity index is 888. The number of guanidine groups is 1. The minimum atomic E-state index is -0.0603. The van der Waals surface area contributed by atoms with Crippen molar-refractivity contribution in [2.45, 2.75) is 32.7 Å². The predicted molar refractivity (Wildman–Crippen MR) is 143 cm³/mol. The molecule has 174 valence electrons. The number of hydrogen-bond acceptors (Lipinski definition) is 4. The number of rotatable bonds is 8. The van der Waals surface area contributed by atoms with Crippen molar-refractivity contribution in [1.82, 2.24) is 10.6 Å². The number of hydrogen-bond donors (Lipinski definition) is 3. The Morgan fingerprint density at radius 3 is 2.62 bits per heavy atom. The van der Waals surface area contributed by atoms with Crippen LogP contribution in [0.2, 0.25) is 0 Å². The molecular formula is C24H34IN5O2. The second kappa shape index (κ2) is 13.1. The number of amides is 1. The molecule has 1 amide bonds. The van der Waals surface area contributed by atoms with Crippen molar-refractivity contribution in [3.8, 4) is 5.75 Å². The number of nitrogens with zero attached hydrogens (tertiary/aromatic N) is 2. The van der Waals surface area contributed by atoms with E-state index in [9.17, 15) is 4.79 Å². The molecule has 0 saturated carbocycles. The molecule has 0 bridgehead atoms. The fraction of sp³-hybridized carbons (Fsp3) is 0.417. The molecule has 1 saturated heterocycles. The molecule has 1 aliphatic rings. The van der Waals surface area contributed by atoms with Gasteiger partial charge in [0.05, 0.1) is 12.8 Å². The lowest BCUT2D eigenvalue weighted by Gasteiger charge is -2.22. The topological polar surface area (TPSA) is 78.0 Å². The fourth-order valence-electron chi connectivity index (χ4n) is 3.76. The third-order valence-corrected chi connectivity index (χ3v) is 5.24. The second-order valence-electron chi connectivity index (χ2n) is 7.64. The van der Waals surface area contributed by atoms with Crippen molar-refractivity contribution in [2.75, 3.05) is 43.5 Å². The molecule has 0 spiro atoms. The van der Waals surface area contributed by atoms with Crippen LogP contribution in [0.5, 0.6) is 5.75 Å². The van der Waals surface area contributed by atoms with Gasteiger partial charge in [-0.05, 0) is 49.6 Å². The van der Waals surface area contributed by atoms with Crippen molar-refractivity contribution in [2.24, 2.45) is 4.99 Å². The molecule has 2 aromatic carbocycles. The number of anilines is 2. The van der Waals surface area contributed by atoms with Gasteiger partial charge in [-0.1, -0.05) is 24.3 Å². The van der Waals surface area contributed by atoms with E-state index in [-0.39, 0.29) is 29.9 Å². The van der Waals surface area contributed by atoms with Gasteiger partial charge < -0.3 is 25.6 Å². The average molecular weight is 551 g/mol. The molecule has 1 fully saturated rings. The fourth-order valence-corrected chi connectivity index (χ4v) is 3.76. The lowest BCUT2D eigenvalue weighted by molar-refractivity contribution is -0.114. The number of aliphatic imine (C=N–C) groups is 1.